The van der Waals surface area contributed by atoms with E-state index in [9.17, 15) is 9.18 Å². The fourth-order valence-corrected chi connectivity index (χ4v) is 3.50. The molecule has 1 N–H and O–H groups in total. The molecule has 1 aromatic heterocycles. The molecule has 1 atom stereocenters. The summed E-state index contributed by atoms with van der Waals surface area (Å²) in [5.41, 5.74) is 0.298. The molecule has 24 heavy (non-hydrogen) atoms. The summed E-state index contributed by atoms with van der Waals surface area (Å²) in [6.07, 6.45) is 5.20. The Morgan fingerprint density at radius 2 is 2.08 bits per heavy atom. The van der Waals surface area contributed by atoms with Gasteiger partial charge in [0.2, 0.25) is 0 Å². The Kier molecular flexibility index (Phi) is 5.68. The SMILES string of the molecule is O=C(NCC(c1ccco1)N1CCCCC1)c1cc(F)ccc1Br. The fraction of sp³-hybridized carbons (Fsp3) is 0.389. The molecule has 0 bridgehead atoms. The first-order chi connectivity index (χ1) is 11.6. The number of nitrogens with zero attached hydrogens (tertiary/aromatic N) is 1. The van der Waals surface area contributed by atoms with Gasteiger partial charge in [0.1, 0.15) is 11.6 Å². The maximum Gasteiger partial charge on any atom is 0.252 e. The lowest BCUT2D eigenvalue weighted by molar-refractivity contribution is 0.0913. The predicted octanol–water partition coefficient (Wildman–Crippen LogP) is 4.14. The van der Waals surface area contributed by atoms with E-state index in [4.69, 9.17) is 4.42 Å². The number of benzene rings is 1. The second kappa shape index (κ2) is 7.94. The van der Waals surface area contributed by atoms with Gasteiger partial charge in [0.05, 0.1) is 17.9 Å². The Labute approximate surface area is 149 Å². The van der Waals surface area contributed by atoms with Crippen LogP contribution in [0.4, 0.5) is 4.39 Å². The first-order valence-corrected chi connectivity index (χ1v) is 8.95. The second-order valence-electron chi connectivity index (χ2n) is 5.96. The monoisotopic (exact) mass is 394 g/mol. The normalized spacial score (nSPS) is 16.8. The van der Waals surface area contributed by atoms with Crippen LogP contribution < -0.4 is 5.32 Å². The Hall–Kier alpha value is -1.66. The van der Waals surface area contributed by atoms with Crippen LogP contribution in [0.15, 0.2) is 45.5 Å². The Balaban J connectivity index is 1.71. The van der Waals surface area contributed by atoms with Crippen LogP contribution in [0.1, 0.15) is 41.4 Å². The molecule has 0 radical (unpaired) electrons. The number of nitrogens with one attached hydrogen (secondary N) is 1. The minimum Gasteiger partial charge on any atom is -0.468 e. The van der Waals surface area contributed by atoms with E-state index in [2.05, 4.69) is 26.1 Å². The summed E-state index contributed by atoms with van der Waals surface area (Å²) < 4.78 is 19.5. The number of likely N-dealkylation sites (tertiary alicyclic amines) is 1. The lowest BCUT2D eigenvalue weighted by Gasteiger charge is -2.33. The standard InChI is InChI=1S/C18H20BrFN2O2/c19-15-7-6-13(20)11-14(15)18(23)21-12-16(17-5-4-10-24-17)22-8-2-1-3-9-22/h4-7,10-11,16H,1-3,8-9,12H2,(H,21,23). The maximum atomic E-state index is 13.4. The van der Waals surface area contributed by atoms with Crippen molar-refractivity contribution >= 4 is 21.8 Å². The average molecular weight is 395 g/mol. The van der Waals surface area contributed by atoms with Gasteiger partial charge < -0.3 is 9.73 Å². The molecule has 1 aromatic carbocycles. The molecule has 3 rings (SSSR count). The van der Waals surface area contributed by atoms with Crippen molar-refractivity contribution < 1.29 is 13.6 Å². The van der Waals surface area contributed by atoms with Gasteiger partial charge in [-0.25, -0.2) is 4.39 Å². The summed E-state index contributed by atoms with van der Waals surface area (Å²) in [7, 11) is 0. The lowest BCUT2D eigenvalue weighted by Crippen LogP contribution is -2.40. The van der Waals surface area contributed by atoms with Crippen LogP contribution in [0, 0.1) is 5.82 Å². The summed E-state index contributed by atoms with van der Waals surface area (Å²) in [5, 5.41) is 2.92. The molecule has 1 unspecified atom stereocenters. The van der Waals surface area contributed by atoms with Gasteiger partial charge in [-0.3, -0.25) is 9.69 Å². The van der Waals surface area contributed by atoms with E-state index in [1.165, 1.54) is 18.6 Å². The number of carbonyl (C=O) groups is 1. The third kappa shape index (κ3) is 4.05. The number of piperidine rings is 1. The van der Waals surface area contributed by atoms with Gasteiger partial charge in [0, 0.05) is 11.0 Å². The summed E-state index contributed by atoms with van der Waals surface area (Å²) >= 11 is 3.30. The van der Waals surface area contributed by atoms with Crippen molar-refractivity contribution in [2.45, 2.75) is 25.3 Å². The molecule has 1 aliphatic heterocycles. The van der Waals surface area contributed by atoms with Gasteiger partial charge in [-0.2, -0.15) is 0 Å². The van der Waals surface area contributed by atoms with Crippen molar-refractivity contribution in [3.63, 3.8) is 0 Å². The van der Waals surface area contributed by atoms with Crippen molar-refractivity contribution in [1.82, 2.24) is 10.2 Å². The molecule has 0 aliphatic carbocycles. The van der Waals surface area contributed by atoms with E-state index in [1.807, 2.05) is 12.1 Å². The average Bonchev–Trinajstić information content (AvgIpc) is 3.12. The molecule has 1 aliphatic rings. The van der Waals surface area contributed by atoms with Gasteiger partial charge in [0.15, 0.2) is 0 Å². The Morgan fingerprint density at radius 1 is 1.29 bits per heavy atom. The zero-order valence-electron chi connectivity index (χ0n) is 13.3. The highest BCUT2D eigenvalue weighted by Crippen LogP contribution is 2.25. The summed E-state index contributed by atoms with van der Waals surface area (Å²) in [5.74, 6) is 0.118. The number of hydrogen-bond donors (Lipinski definition) is 1. The van der Waals surface area contributed by atoms with Crippen LogP contribution in [0.25, 0.3) is 0 Å². The van der Waals surface area contributed by atoms with Gasteiger partial charge in [0.25, 0.3) is 5.91 Å². The molecule has 0 spiro atoms. The quantitative estimate of drug-likeness (QED) is 0.828. The van der Waals surface area contributed by atoms with Crippen molar-refractivity contribution in [2.75, 3.05) is 19.6 Å². The van der Waals surface area contributed by atoms with Crippen LogP contribution in [-0.4, -0.2) is 30.4 Å². The number of furan rings is 1. The van der Waals surface area contributed by atoms with Crippen LogP contribution in [0.2, 0.25) is 0 Å². The topological polar surface area (TPSA) is 45.5 Å². The summed E-state index contributed by atoms with van der Waals surface area (Å²) in [6, 6.07) is 7.89. The number of carbonyl (C=O) groups excluding carboxylic acids is 1. The number of hydrogen-bond acceptors (Lipinski definition) is 3. The molecule has 1 fully saturated rings. The van der Waals surface area contributed by atoms with Crippen LogP contribution in [0.3, 0.4) is 0 Å². The largest absolute Gasteiger partial charge is 0.468 e. The highest BCUT2D eigenvalue weighted by Gasteiger charge is 2.25. The lowest BCUT2D eigenvalue weighted by atomic mass is 10.1. The number of halogens is 2. The molecular weight excluding hydrogens is 375 g/mol. The van der Waals surface area contributed by atoms with E-state index in [1.54, 1.807) is 12.3 Å². The van der Waals surface area contributed by atoms with Gasteiger partial charge >= 0.3 is 0 Å². The first kappa shape index (κ1) is 17.2. The van der Waals surface area contributed by atoms with Crippen LogP contribution in [0.5, 0.6) is 0 Å². The third-order valence-corrected chi connectivity index (χ3v) is 5.02. The van der Waals surface area contributed by atoms with E-state index in [0.29, 0.717) is 16.6 Å². The summed E-state index contributed by atoms with van der Waals surface area (Å²) in [4.78, 5) is 14.8. The van der Waals surface area contributed by atoms with Gasteiger partial charge in [-0.05, 0) is 72.2 Å². The van der Waals surface area contributed by atoms with Crippen LogP contribution >= 0.6 is 15.9 Å². The smallest absolute Gasteiger partial charge is 0.252 e. The van der Waals surface area contributed by atoms with Crippen molar-refractivity contribution in [3.8, 4) is 0 Å². The van der Waals surface area contributed by atoms with E-state index in [-0.39, 0.29) is 11.9 Å². The zero-order chi connectivity index (χ0) is 16.9. The Bertz CT molecular complexity index is 684. The van der Waals surface area contributed by atoms with Gasteiger partial charge in [-0.15, -0.1) is 0 Å². The minimum atomic E-state index is -0.429. The van der Waals surface area contributed by atoms with E-state index >= 15 is 0 Å². The van der Waals surface area contributed by atoms with Gasteiger partial charge in [-0.1, -0.05) is 6.42 Å². The predicted molar refractivity (Wildman–Crippen MR) is 93.3 cm³/mol. The third-order valence-electron chi connectivity index (χ3n) is 4.33. The summed E-state index contributed by atoms with van der Waals surface area (Å²) in [6.45, 7) is 2.41. The number of amides is 1. The highest BCUT2D eigenvalue weighted by molar-refractivity contribution is 9.10. The maximum absolute atomic E-state index is 13.4. The number of rotatable bonds is 5. The molecule has 1 saturated heterocycles. The van der Waals surface area contributed by atoms with E-state index in [0.717, 1.165) is 31.7 Å². The van der Waals surface area contributed by atoms with Crippen molar-refractivity contribution in [1.29, 1.82) is 0 Å². The fourth-order valence-electron chi connectivity index (χ4n) is 3.08. The zero-order valence-corrected chi connectivity index (χ0v) is 14.9. The molecular formula is C18H20BrFN2O2. The minimum absolute atomic E-state index is 0.00316. The molecule has 128 valence electrons. The second-order valence-corrected chi connectivity index (χ2v) is 6.82. The van der Waals surface area contributed by atoms with Crippen LogP contribution in [-0.2, 0) is 0 Å². The molecule has 0 saturated carbocycles. The molecule has 2 heterocycles. The molecule has 6 heteroatoms. The molecule has 4 nitrogen and oxygen atoms in total. The molecule has 2 aromatic rings. The highest BCUT2D eigenvalue weighted by atomic mass is 79.9. The first-order valence-electron chi connectivity index (χ1n) is 8.16. The van der Waals surface area contributed by atoms with Crippen molar-refractivity contribution in [3.05, 3.63) is 58.2 Å². The Morgan fingerprint density at radius 3 is 2.79 bits per heavy atom. The van der Waals surface area contributed by atoms with Crippen molar-refractivity contribution in [2.24, 2.45) is 0 Å². The van der Waals surface area contributed by atoms with E-state index < -0.39 is 5.82 Å². The molecule has 1 amide bonds.